The monoisotopic (exact) mass is 1030 g/mol. The number of primary amides is 1. The quantitative estimate of drug-likeness (QED) is 0.0476. The highest BCUT2D eigenvalue weighted by Crippen LogP contribution is 2.52. The highest BCUT2D eigenvalue weighted by molar-refractivity contribution is 6.31. The first-order chi connectivity index (χ1) is 35.2. The summed E-state index contributed by atoms with van der Waals surface area (Å²) in [6.45, 7) is 4.50. The molecule has 3 aromatic carbocycles. The maximum atomic E-state index is 14.2. The number of urea groups is 1. The number of phenolic OH excluding ortho intramolecular Hbond substituents is 2. The highest BCUT2D eigenvalue weighted by Gasteiger charge is 2.51. The van der Waals surface area contributed by atoms with Crippen LogP contribution < -0.4 is 37.5 Å². The fraction of sp³-hybridized carbons (Fsp3) is 0.510. The van der Waals surface area contributed by atoms with Crippen molar-refractivity contribution in [3.8, 4) is 17.2 Å². The summed E-state index contributed by atoms with van der Waals surface area (Å²) in [6, 6.07) is 7.19. The Morgan fingerprint density at radius 1 is 0.932 bits per heavy atom. The molecule has 400 valence electrons. The summed E-state index contributed by atoms with van der Waals surface area (Å²) in [6.07, 6.45) is -4.73. The minimum atomic E-state index is -2.39. The van der Waals surface area contributed by atoms with Crippen molar-refractivity contribution in [3.05, 3.63) is 81.4 Å². The number of Topliss-reactive ketones (excluding diaryl/α,β-unsaturated/α-hetero) is 1. The molecule has 2 aliphatic carbocycles. The van der Waals surface area contributed by atoms with Crippen molar-refractivity contribution < 1.29 is 82.4 Å². The van der Waals surface area contributed by atoms with Crippen LogP contribution in [0.15, 0.2) is 42.5 Å². The number of aliphatic hydroxyl groups is 2. The lowest BCUT2D eigenvalue weighted by Gasteiger charge is -2.44. The summed E-state index contributed by atoms with van der Waals surface area (Å²) in [5.41, 5.74) is 7.85. The zero-order valence-corrected chi connectivity index (χ0v) is 41.5. The average molecular weight is 1030 g/mol. The molecular weight excluding hydrogens is 969 g/mol. The number of phenols is 2. The van der Waals surface area contributed by atoms with E-state index in [0.717, 1.165) is 12.8 Å². The van der Waals surface area contributed by atoms with Crippen LogP contribution in [0.25, 0.3) is 0 Å². The number of benzene rings is 3. The van der Waals surface area contributed by atoms with Gasteiger partial charge in [-0.05, 0) is 68.7 Å². The van der Waals surface area contributed by atoms with E-state index in [1.165, 1.54) is 25.3 Å². The summed E-state index contributed by atoms with van der Waals surface area (Å²) in [5.74, 6) is -5.43. The van der Waals surface area contributed by atoms with Crippen molar-refractivity contribution >= 4 is 47.0 Å². The number of nitrogens with two attached hydrogens (primary N) is 2. The molecule has 74 heavy (non-hydrogen) atoms. The molecule has 23 heteroatoms. The Hall–Kier alpha value is -6.73. The Morgan fingerprint density at radius 3 is 2.32 bits per heavy atom. The summed E-state index contributed by atoms with van der Waals surface area (Å²) in [5, 5.41) is 56.3. The fourth-order valence-corrected chi connectivity index (χ4v) is 9.66. The van der Waals surface area contributed by atoms with Gasteiger partial charge in [-0.1, -0.05) is 38.1 Å². The largest absolute Gasteiger partial charge is 0.507 e. The first kappa shape index (κ1) is 55.0. The van der Waals surface area contributed by atoms with Crippen LogP contribution in [0.3, 0.4) is 0 Å². The van der Waals surface area contributed by atoms with Gasteiger partial charge in [0, 0.05) is 54.8 Å². The lowest BCUT2D eigenvalue weighted by molar-refractivity contribution is -0.283. The molecule has 0 radical (unpaired) electrons. The molecule has 0 saturated carbocycles. The maximum absolute atomic E-state index is 14.2. The number of alkyl carbamates (subject to hydrolysis) is 1. The van der Waals surface area contributed by atoms with E-state index in [1.54, 1.807) is 45.0 Å². The van der Waals surface area contributed by atoms with Gasteiger partial charge in [-0.2, -0.15) is 0 Å². The molecule has 0 spiro atoms. The van der Waals surface area contributed by atoms with Gasteiger partial charge < -0.3 is 81.6 Å². The van der Waals surface area contributed by atoms with Crippen LogP contribution in [0.1, 0.15) is 120 Å². The number of ether oxygens (including phenoxy) is 6. The van der Waals surface area contributed by atoms with Crippen molar-refractivity contribution in [3.63, 3.8) is 0 Å². The highest BCUT2D eigenvalue weighted by atomic mass is 16.7. The van der Waals surface area contributed by atoms with Gasteiger partial charge in [0.2, 0.25) is 17.6 Å². The van der Waals surface area contributed by atoms with Crippen molar-refractivity contribution in [2.45, 2.75) is 133 Å². The van der Waals surface area contributed by atoms with E-state index in [-0.39, 0.29) is 59.9 Å². The Morgan fingerprint density at radius 2 is 1.66 bits per heavy atom. The number of amides is 5. The number of methoxy groups -OCH3 is 1. The van der Waals surface area contributed by atoms with Gasteiger partial charge >= 0.3 is 12.1 Å². The van der Waals surface area contributed by atoms with Crippen LogP contribution in [-0.2, 0) is 51.1 Å². The predicted octanol–water partition coefficient (Wildman–Crippen LogP) is 2.38. The molecule has 3 aromatic rings. The van der Waals surface area contributed by atoms with Crippen LogP contribution in [0.2, 0.25) is 0 Å². The van der Waals surface area contributed by atoms with Gasteiger partial charge in [0.1, 0.15) is 48.2 Å². The second-order valence-electron chi connectivity index (χ2n) is 19.2. The molecule has 2 heterocycles. The second-order valence-corrected chi connectivity index (χ2v) is 19.2. The molecule has 2 fully saturated rings. The van der Waals surface area contributed by atoms with Gasteiger partial charge in [-0.25, -0.2) is 9.59 Å². The number of carbonyl (C=O) groups is 7. The van der Waals surface area contributed by atoms with Gasteiger partial charge in [0.05, 0.1) is 48.1 Å². The number of nitrogens with one attached hydrogen (secondary N) is 4. The molecule has 0 aromatic heterocycles. The molecule has 0 bridgehead atoms. The zero-order valence-electron chi connectivity index (χ0n) is 41.5. The molecule has 1 unspecified atom stereocenters. The second kappa shape index (κ2) is 23.6. The number of fused-ring (bicyclic) bond motifs is 3. The van der Waals surface area contributed by atoms with E-state index in [4.69, 9.17) is 39.9 Å². The van der Waals surface area contributed by atoms with Crippen molar-refractivity contribution in [1.29, 1.82) is 0 Å². The molecule has 12 N–H and O–H groups in total. The SMILES string of the molecule is COc1cccc2c1C(=O)c1c(O)c3c(c(O)c1C2=O)C[C@@](O)(C(=O)CO)C[C@@H]3O[C@H]1C[C@H](NC(=O)OCc2ccc(NC(=O)[C@H](CCCNC(N)=O)NC(=O)C(N)C(C)C)cc2)[C@H](O[C@H]2CCCCO2)[C@H](C)O1. The number of hydrogen-bond acceptors (Lipinski definition) is 18. The number of hydrogen-bond donors (Lipinski definition) is 10. The van der Waals surface area contributed by atoms with Crippen molar-refractivity contribution in [2.24, 2.45) is 17.4 Å². The van der Waals surface area contributed by atoms with Crippen LogP contribution >= 0.6 is 0 Å². The minimum absolute atomic E-state index is 0.0433. The molecule has 4 aliphatic rings. The Labute approximate surface area is 425 Å². The van der Waals surface area contributed by atoms with Crippen LogP contribution in [0, 0.1) is 5.92 Å². The summed E-state index contributed by atoms with van der Waals surface area (Å²) in [4.78, 5) is 92.3. The van der Waals surface area contributed by atoms with E-state index in [9.17, 15) is 54.0 Å². The third kappa shape index (κ3) is 12.1. The topological polar surface area (TPSA) is 356 Å². The van der Waals surface area contributed by atoms with Crippen LogP contribution in [0.4, 0.5) is 15.3 Å². The third-order valence-electron chi connectivity index (χ3n) is 13.7. The molecule has 7 rings (SSSR count). The number of aromatic hydroxyl groups is 2. The predicted molar refractivity (Wildman–Crippen MR) is 260 cm³/mol. The van der Waals surface area contributed by atoms with Gasteiger partial charge in [0.25, 0.3) is 0 Å². The summed E-state index contributed by atoms with van der Waals surface area (Å²) < 4.78 is 36.0. The Kier molecular flexibility index (Phi) is 17.6. The fourth-order valence-electron chi connectivity index (χ4n) is 9.66. The summed E-state index contributed by atoms with van der Waals surface area (Å²) >= 11 is 0. The van der Waals surface area contributed by atoms with E-state index in [1.807, 2.05) is 0 Å². The van der Waals surface area contributed by atoms with E-state index < -0.39 is 138 Å². The maximum Gasteiger partial charge on any atom is 0.407 e. The standard InChI is InChI=1S/C51H64N6O17/c1-24(2)41(52)48(65)56-30(10-8-17-54-49(53)66)47(64)55-27-15-13-26(14-16-27)23-71-50(67)57-31-19-36(72-25(3)46(31)74-35-12-5-6-18-70-35)73-33-21-51(68,34(59)22-58)20-29-38(33)45(63)40-39(43(29)61)42(60)28-9-7-11-32(69-4)37(28)44(40)62/h7,9,11,13-16,24-25,30-31,33,35-36,41,46,58,61,63,68H,5-6,8,10,12,17-23,52H2,1-4H3,(H,55,64)(H,56,65)(H,57,67)(H3,53,54,66)/t25-,30-,31-,33-,35-,36-,41?,46+,51-/m0/s1. The normalized spacial score (nSPS) is 24.1. The third-order valence-corrected chi connectivity index (χ3v) is 13.7. The van der Waals surface area contributed by atoms with E-state index in [0.29, 0.717) is 30.7 Å². The lowest BCUT2D eigenvalue weighted by Crippen LogP contribution is -2.58. The van der Waals surface area contributed by atoms with E-state index >= 15 is 0 Å². The number of ketones is 3. The van der Waals surface area contributed by atoms with Crippen molar-refractivity contribution in [1.82, 2.24) is 16.0 Å². The number of aliphatic hydroxyl groups excluding tert-OH is 1. The van der Waals surface area contributed by atoms with Crippen LogP contribution in [-0.4, -0.2) is 137 Å². The van der Waals surface area contributed by atoms with Gasteiger partial charge in [-0.15, -0.1) is 0 Å². The summed E-state index contributed by atoms with van der Waals surface area (Å²) in [7, 11) is 1.30. The Bertz CT molecular complexity index is 2620. The number of rotatable bonds is 19. The molecule has 23 nitrogen and oxygen atoms in total. The minimum Gasteiger partial charge on any atom is -0.507 e. The molecule has 2 aliphatic heterocycles. The van der Waals surface area contributed by atoms with Gasteiger partial charge in [0.15, 0.2) is 24.1 Å². The van der Waals surface area contributed by atoms with Gasteiger partial charge in [-0.3, -0.25) is 24.0 Å². The van der Waals surface area contributed by atoms with E-state index in [2.05, 4.69) is 21.3 Å². The zero-order chi connectivity index (χ0) is 53.6. The molecule has 9 atom stereocenters. The number of anilines is 1. The number of carbonyl (C=O) groups excluding carboxylic acids is 7. The first-order valence-corrected chi connectivity index (χ1v) is 24.5. The first-order valence-electron chi connectivity index (χ1n) is 24.5. The van der Waals surface area contributed by atoms with Crippen LogP contribution in [0.5, 0.6) is 17.2 Å². The average Bonchev–Trinajstić information content (AvgIpc) is 3.37. The molecule has 2 saturated heterocycles. The smallest absolute Gasteiger partial charge is 0.407 e. The molecule has 5 amide bonds. The Balaban J connectivity index is 1.08. The lowest BCUT2D eigenvalue weighted by atomic mass is 9.72. The van der Waals surface area contributed by atoms with Crippen molar-refractivity contribution in [2.75, 3.05) is 32.2 Å². The molecular formula is C51H64N6O17.